The Morgan fingerprint density at radius 3 is 2.67 bits per heavy atom. The third-order valence-electron chi connectivity index (χ3n) is 2.74. The minimum absolute atomic E-state index is 0.138. The Bertz CT molecular complexity index is 782. The molecule has 9 heteroatoms. The van der Waals surface area contributed by atoms with Gasteiger partial charge in [0.1, 0.15) is 17.1 Å². The molecule has 0 spiro atoms. The standard InChI is InChI=1S/C12H13N3O5S/c1-7-9(6-14-20-7)12(16)15-10-5-8(21(13,17)18)3-4-11(10)19-2/h3-6H,1-2H3,(H,15,16)(H2,13,17,18). The summed E-state index contributed by atoms with van der Waals surface area (Å²) in [5.41, 5.74) is 0.410. The maximum Gasteiger partial charge on any atom is 0.260 e. The second-order valence-electron chi connectivity index (χ2n) is 4.16. The van der Waals surface area contributed by atoms with Crippen LogP contribution in [0, 0.1) is 6.92 Å². The summed E-state index contributed by atoms with van der Waals surface area (Å²) in [7, 11) is -2.49. The van der Waals surface area contributed by atoms with Gasteiger partial charge in [-0.3, -0.25) is 4.79 Å². The molecule has 112 valence electrons. The van der Waals surface area contributed by atoms with Gasteiger partial charge in [0.25, 0.3) is 5.91 Å². The third-order valence-corrected chi connectivity index (χ3v) is 3.65. The van der Waals surface area contributed by atoms with Crippen LogP contribution in [0.25, 0.3) is 0 Å². The summed E-state index contributed by atoms with van der Waals surface area (Å²) >= 11 is 0. The molecular weight excluding hydrogens is 298 g/mol. The van der Waals surface area contributed by atoms with Gasteiger partial charge in [-0.25, -0.2) is 13.6 Å². The number of sulfonamides is 1. The number of aryl methyl sites for hydroxylation is 1. The van der Waals surface area contributed by atoms with Crippen LogP contribution in [0.3, 0.4) is 0 Å². The maximum absolute atomic E-state index is 12.1. The number of nitrogens with two attached hydrogens (primary N) is 1. The number of anilines is 1. The summed E-state index contributed by atoms with van der Waals surface area (Å²) in [6.45, 7) is 1.58. The molecule has 0 saturated carbocycles. The number of ether oxygens (including phenoxy) is 1. The minimum atomic E-state index is -3.89. The molecular formula is C12H13N3O5S. The van der Waals surface area contributed by atoms with Crippen LogP contribution in [0.5, 0.6) is 5.75 Å². The van der Waals surface area contributed by atoms with Crippen molar-refractivity contribution in [1.29, 1.82) is 0 Å². The third kappa shape index (κ3) is 3.20. The van der Waals surface area contributed by atoms with Crippen LogP contribution in [0.2, 0.25) is 0 Å². The van der Waals surface area contributed by atoms with Gasteiger partial charge in [-0.05, 0) is 25.1 Å². The number of primary sulfonamides is 1. The lowest BCUT2D eigenvalue weighted by Gasteiger charge is -2.11. The first kappa shape index (κ1) is 15.0. The highest BCUT2D eigenvalue weighted by Crippen LogP contribution is 2.27. The summed E-state index contributed by atoms with van der Waals surface area (Å²) < 4.78 is 32.6. The fourth-order valence-corrected chi connectivity index (χ4v) is 2.21. The molecule has 3 N–H and O–H groups in total. The lowest BCUT2D eigenvalue weighted by Crippen LogP contribution is -2.15. The van der Waals surface area contributed by atoms with Crippen molar-refractivity contribution in [3.05, 3.63) is 35.7 Å². The van der Waals surface area contributed by atoms with Gasteiger partial charge in [-0.2, -0.15) is 0 Å². The van der Waals surface area contributed by atoms with Gasteiger partial charge in [0.05, 0.1) is 23.9 Å². The normalized spacial score (nSPS) is 11.2. The molecule has 0 aliphatic carbocycles. The van der Waals surface area contributed by atoms with E-state index in [-0.39, 0.29) is 16.1 Å². The number of amides is 1. The summed E-state index contributed by atoms with van der Waals surface area (Å²) in [4.78, 5) is 11.9. The zero-order valence-electron chi connectivity index (χ0n) is 11.3. The van der Waals surface area contributed by atoms with Crippen molar-refractivity contribution >= 4 is 21.6 Å². The first-order chi connectivity index (χ1) is 9.82. The molecule has 21 heavy (non-hydrogen) atoms. The van der Waals surface area contributed by atoms with Gasteiger partial charge in [-0.15, -0.1) is 0 Å². The lowest BCUT2D eigenvalue weighted by atomic mass is 10.2. The van der Waals surface area contributed by atoms with Crippen molar-refractivity contribution in [2.24, 2.45) is 5.14 Å². The number of methoxy groups -OCH3 is 1. The summed E-state index contributed by atoms with van der Waals surface area (Å²) in [5.74, 6) is 0.137. The Morgan fingerprint density at radius 2 is 2.14 bits per heavy atom. The molecule has 0 aliphatic rings. The Hall–Kier alpha value is -2.39. The molecule has 1 aromatic heterocycles. The van der Waals surface area contributed by atoms with Crippen molar-refractivity contribution in [1.82, 2.24) is 5.16 Å². The average molecular weight is 311 g/mol. The van der Waals surface area contributed by atoms with Crippen LogP contribution in [0.15, 0.2) is 33.8 Å². The van der Waals surface area contributed by atoms with Gasteiger partial charge in [0, 0.05) is 0 Å². The van der Waals surface area contributed by atoms with E-state index in [1.165, 1.54) is 31.5 Å². The Balaban J connectivity index is 2.38. The predicted molar refractivity (Wildman–Crippen MR) is 73.6 cm³/mol. The molecule has 0 bridgehead atoms. The molecule has 2 aromatic rings. The number of aromatic nitrogens is 1. The summed E-state index contributed by atoms with van der Waals surface area (Å²) in [6, 6.07) is 3.90. The van der Waals surface area contributed by atoms with Crippen molar-refractivity contribution in [3.63, 3.8) is 0 Å². The van der Waals surface area contributed by atoms with Crippen LogP contribution < -0.4 is 15.2 Å². The molecule has 0 saturated heterocycles. The lowest BCUT2D eigenvalue weighted by molar-refractivity contribution is 0.102. The maximum atomic E-state index is 12.1. The summed E-state index contributed by atoms with van der Waals surface area (Å²) in [5, 5.41) is 11.1. The Morgan fingerprint density at radius 1 is 1.43 bits per heavy atom. The fraction of sp³-hybridized carbons (Fsp3) is 0.167. The average Bonchev–Trinajstić information content (AvgIpc) is 2.84. The van der Waals surface area contributed by atoms with E-state index in [1.54, 1.807) is 6.92 Å². The van der Waals surface area contributed by atoms with Crippen LogP contribution in [-0.4, -0.2) is 26.6 Å². The van der Waals surface area contributed by atoms with Crippen LogP contribution >= 0.6 is 0 Å². The van der Waals surface area contributed by atoms with E-state index in [0.717, 1.165) is 0 Å². The molecule has 8 nitrogen and oxygen atoms in total. The largest absolute Gasteiger partial charge is 0.495 e. The minimum Gasteiger partial charge on any atom is -0.495 e. The molecule has 0 radical (unpaired) electrons. The number of nitrogens with one attached hydrogen (secondary N) is 1. The molecule has 1 heterocycles. The number of hydrogen-bond donors (Lipinski definition) is 2. The monoisotopic (exact) mass is 311 g/mol. The van der Waals surface area contributed by atoms with E-state index in [1.807, 2.05) is 0 Å². The highest BCUT2D eigenvalue weighted by atomic mass is 32.2. The molecule has 0 fully saturated rings. The molecule has 1 aromatic carbocycles. The van der Waals surface area contributed by atoms with E-state index in [0.29, 0.717) is 11.5 Å². The highest BCUT2D eigenvalue weighted by Gasteiger charge is 2.17. The first-order valence-electron chi connectivity index (χ1n) is 5.76. The van der Waals surface area contributed by atoms with E-state index in [4.69, 9.17) is 14.4 Å². The topological polar surface area (TPSA) is 125 Å². The first-order valence-corrected chi connectivity index (χ1v) is 7.31. The molecule has 0 aliphatic heterocycles. The van der Waals surface area contributed by atoms with E-state index < -0.39 is 15.9 Å². The number of nitrogens with zero attached hydrogens (tertiary/aromatic N) is 1. The van der Waals surface area contributed by atoms with Gasteiger partial charge >= 0.3 is 0 Å². The summed E-state index contributed by atoms with van der Waals surface area (Å²) in [6.07, 6.45) is 1.26. The second-order valence-corrected chi connectivity index (χ2v) is 5.72. The van der Waals surface area contributed by atoms with E-state index in [9.17, 15) is 13.2 Å². The van der Waals surface area contributed by atoms with Crippen molar-refractivity contribution in [3.8, 4) is 5.75 Å². The molecule has 2 rings (SSSR count). The van der Waals surface area contributed by atoms with Crippen molar-refractivity contribution in [2.45, 2.75) is 11.8 Å². The fourth-order valence-electron chi connectivity index (χ4n) is 1.67. The number of carbonyl (C=O) groups is 1. The van der Waals surface area contributed by atoms with Crippen LogP contribution in [0.1, 0.15) is 16.1 Å². The number of carbonyl (C=O) groups excluding carboxylic acids is 1. The van der Waals surface area contributed by atoms with Crippen molar-refractivity contribution < 1.29 is 22.5 Å². The van der Waals surface area contributed by atoms with Crippen molar-refractivity contribution in [2.75, 3.05) is 12.4 Å². The smallest absolute Gasteiger partial charge is 0.260 e. The van der Waals surface area contributed by atoms with Crippen LogP contribution in [-0.2, 0) is 10.0 Å². The predicted octanol–water partition coefficient (Wildman–Crippen LogP) is 0.891. The zero-order valence-corrected chi connectivity index (χ0v) is 12.1. The Labute approximate surface area is 120 Å². The number of benzene rings is 1. The van der Waals surface area contributed by atoms with Gasteiger partial charge in [0.2, 0.25) is 10.0 Å². The van der Waals surface area contributed by atoms with E-state index in [2.05, 4.69) is 10.5 Å². The highest BCUT2D eigenvalue weighted by molar-refractivity contribution is 7.89. The quantitative estimate of drug-likeness (QED) is 0.864. The molecule has 1 amide bonds. The van der Waals surface area contributed by atoms with Gasteiger partial charge in [-0.1, -0.05) is 5.16 Å². The van der Waals surface area contributed by atoms with E-state index >= 15 is 0 Å². The zero-order chi connectivity index (χ0) is 15.6. The number of hydrogen-bond acceptors (Lipinski definition) is 6. The number of rotatable bonds is 4. The van der Waals surface area contributed by atoms with Gasteiger partial charge < -0.3 is 14.6 Å². The van der Waals surface area contributed by atoms with Crippen LogP contribution in [0.4, 0.5) is 5.69 Å². The second kappa shape index (κ2) is 5.54. The van der Waals surface area contributed by atoms with Gasteiger partial charge in [0.15, 0.2) is 0 Å². The SMILES string of the molecule is COc1ccc(S(N)(=O)=O)cc1NC(=O)c1cnoc1C. The Kier molecular flexibility index (Phi) is 3.96. The molecule has 0 atom stereocenters. The molecule has 0 unspecified atom stereocenters.